The Hall–Kier alpha value is -1.46. The molecule has 0 spiro atoms. The first kappa shape index (κ1) is 14.0. The lowest BCUT2D eigenvalue weighted by molar-refractivity contribution is 0.931. The third kappa shape index (κ3) is 4.01. The number of nitrogens with zero attached hydrogens (tertiary/aromatic N) is 2. The summed E-state index contributed by atoms with van der Waals surface area (Å²) >= 11 is 7.07. The molecule has 98 valence electrons. The molecule has 0 aliphatic carbocycles. The van der Waals surface area contributed by atoms with Gasteiger partial charge >= 0.3 is 0 Å². The smallest absolute Gasteiger partial charge is 0.222 e. The van der Waals surface area contributed by atoms with E-state index in [-0.39, 0.29) is 5.92 Å². The van der Waals surface area contributed by atoms with E-state index in [1.807, 2.05) is 24.5 Å². The van der Waals surface area contributed by atoms with Crippen molar-refractivity contribution in [2.24, 2.45) is 0 Å². The summed E-state index contributed by atoms with van der Waals surface area (Å²) in [5.41, 5.74) is 1.21. The average molecular weight is 289 g/mol. The number of hydrogen-bond acceptors (Lipinski definition) is 5. The van der Waals surface area contributed by atoms with Gasteiger partial charge in [0.2, 0.25) is 5.95 Å². The van der Waals surface area contributed by atoms with Crippen LogP contribution >= 0.6 is 24.0 Å². The van der Waals surface area contributed by atoms with Crippen molar-refractivity contribution in [2.45, 2.75) is 5.92 Å². The largest absolute Gasteiger partial charge is 0.353 e. The molecular formula is C14H15N3S2. The van der Waals surface area contributed by atoms with E-state index in [0.717, 1.165) is 4.20 Å². The molecule has 1 atom stereocenters. The monoisotopic (exact) mass is 289 g/mol. The van der Waals surface area contributed by atoms with E-state index in [2.05, 4.69) is 27.4 Å². The number of rotatable bonds is 5. The van der Waals surface area contributed by atoms with Gasteiger partial charge in [0.1, 0.15) is 0 Å². The van der Waals surface area contributed by atoms with Gasteiger partial charge in [0.05, 0.1) is 4.20 Å². The molecule has 2 rings (SSSR count). The fraction of sp³-hybridized carbons (Fsp3) is 0.214. The van der Waals surface area contributed by atoms with E-state index < -0.39 is 0 Å². The molecule has 3 nitrogen and oxygen atoms in total. The second kappa shape index (κ2) is 7.21. The highest BCUT2D eigenvalue weighted by Gasteiger charge is 2.16. The van der Waals surface area contributed by atoms with E-state index in [1.165, 1.54) is 5.56 Å². The minimum Gasteiger partial charge on any atom is -0.353 e. The number of aromatic nitrogens is 2. The molecule has 0 saturated carbocycles. The van der Waals surface area contributed by atoms with Crippen molar-refractivity contribution >= 4 is 34.1 Å². The molecule has 1 N–H and O–H groups in total. The highest BCUT2D eigenvalue weighted by molar-refractivity contribution is 8.22. The Labute approximate surface area is 122 Å². The van der Waals surface area contributed by atoms with Crippen LogP contribution < -0.4 is 5.32 Å². The van der Waals surface area contributed by atoms with E-state index in [4.69, 9.17) is 12.2 Å². The molecule has 1 heterocycles. The lowest BCUT2D eigenvalue weighted by atomic mass is 10.0. The summed E-state index contributed by atoms with van der Waals surface area (Å²) in [6, 6.07) is 12.1. The average Bonchev–Trinajstić information content (AvgIpc) is 2.49. The first-order chi connectivity index (χ1) is 9.31. The third-order valence-corrected chi connectivity index (χ3v) is 4.19. The van der Waals surface area contributed by atoms with Crippen LogP contribution in [0.4, 0.5) is 5.95 Å². The summed E-state index contributed by atoms with van der Waals surface area (Å²) in [7, 11) is 0. The molecule has 0 radical (unpaired) electrons. The molecule has 5 heteroatoms. The first-order valence-electron chi connectivity index (χ1n) is 5.95. The zero-order chi connectivity index (χ0) is 13.5. The van der Waals surface area contributed by atoms with Gasteiger partial charge in [-0.25, -0.2) is 9.97 Å². The first-order valence-corrected chi connectivity index (χ1v) is 7.58. The molecule has 19 heavy (non-hydrogen) atoms. The standard InChI is InChI=1S/C14H15N3S2/c1-19-13(18)12(11-6-3-2-4-7-11)10-17-14-15-8-5-9-16-14/h2-9,12H,10H2,1H3,(H,15,16,17)/t12-/m0/s1. The summed E-state index contributed by atoms with van der Waals surface area (Å²) in [6.07, 6.45) is 5.46. The van der Waals surface area contributed by atoms with E-state index in [9.17, 15) is 0 Å². The van der Waals surface area contributed by atoms with E-state index in [1.54, 1.807) is 30.2 Å². The van der Waals surface area contributed by atoms with Gasteiger partial charge in [-0.2, -0.15) is 0 Å². The predicted octanol–water partition coefficient (Wildman–Crippen LogP) is 3.36. The van der Waals surface area contributed by atoms with Gasteiger partial charge < -0.3 is 5.32 Å². The lowest BCUT2D eigenvalue weighted by Crippen LogP contribution is -2.19. The molecule has 1 aromatic carbocycles. The van der Waals surface area contributed by atoms with Crippen LogP contribution in [0.1, 0.15) is 11.5 Å². The molecular weight excluding hydrogens is 274 g/mol. The van der Waals surface area contributed by atoms with Crippen LogP contribution in [0.3, 0.4) is 0 Å². The Morgan fingerprint density at radius 1 is 1.21 bits per heavy atom. The predicted molar refractivity (Wildman–Crippen MR) is 85.8 cm³/mol. The third-order valence-electron chi connectivity index (χ3n) is 2.72. The zero-order valence-electron chi connectivity index (χ0n) is 10.6. The van der Waals surface area contributed by atoms with Crippen LogP contribution in [0.25, 0.3) is 0 Å². The fourth-order valence-electron chi connectivity index (χ4n) is 1.75. The second-order valence-corrected chi connectivity index (χ2v) is 5.49. The van der Waals surface area contributed by atoms with Crippen LogP contribution in [0.2, 0.25) is 0 Å². The molecule has 1 aromatic heterocycles. The van der Waals surface area contributed by atoms with Crippen molar-refractivity contribution < 1.29 is 0 Å². The van der Waals surface area contributed by atoms with Gasteiger partial charge in [-0.05, 0) is 17.9 Å². The SMILES string of the molecule is CSC(=S)[C@@H](CNc1ncccn1)c1ccccc1. The molecule has 0 bridgehead atoms. The number of nitrogens with one attached hydrogen (secondary N) is 1. The number of anilines is 1. The lowest BCUT2D eigenvalue weighted by Gasteiger charge is -2.17. The van der Waals surface area contributed by atoms with Gasteiger partial charge in [-0.1, -0.05) is 42.5 Å². The Bertz CT molecular complexity index is 517. The highest BCUT2D eigenvalue weighted by atomic mass is 32.2. The highest BCUT2D eigenvalue weighted by Crippen LogP contribution is 2.23. The molecule has 0 saturated heterocycles. The van der Waals surface area contributed by atoms with Gasteiger partial charge in [-0.15, -0.1) is 11.8 Å². The Balaban J connectivity index is 2.09. The minimum absolute atomic E-state index is 0.176. The van der Waals surface area contributed by atoms with Crippen LogP contribution in [-0.4, -0.2) is 27.0 Å². The van der Waals surface area contributed by atoms with Crippen molar-refractivity contribution in [3.8, 4) is 0 Å². The molecule has 0 aliphatic rings. The van der Waals surface area contributed by atoms with Crippen LogP contribution in [0.5, 0.6) is 0 Å². The van der Waals surface area contributed by atoms with Crippen molar-refractivity contribution in [3.05, 3.63) is 54.4 Å². The van der Waals surface area contributed by atoms with Crippen LogP contribution in [0.15, 0.2) is 48.8 Å². The van der Waals surface area contributed by atoms with Crippen molar-refractivity contribution in [2.75, 3.05) is 18.1 Å². The molecule has 2 aromatic rings. The topological polar surface area (TPSA) is 37.8 Å². The molecule has 0 unspecified atom stereocenters. The van der Waals surface area contributed by atoms with Crippen molar-refractivity contribution in [1.82, 2.24) is 9.97 Å². The number of hydrogen-bond donors (Lipinski definition) is 1. The Kier molecular flexibility index (Phi) is 5.30. The van der Waals surface area contributed by atoms with Gasteiger partial charge in [0.15, 0.2) is 0 Å². The van der Waals surface area contributed by atoms with Gasteiger partial charge in [0.25, 0.3) is 0 Å². The molecule has 0 fully saturated rings. The van der Waals surface area contributed by atoms with Crippen molar-refractivity contribution in [1.29, 1.82) is 0 Å². The second-order valence-electron chi connectivity index (χ2n) is 3.94. The number of thiocarbonyl (C=S) groups is 1. The van der Waals surface area contributed by atoms with Crippen molar-refractivity contribution in [3.63, 3.8) is 0 Å². The number of thioether (sulfide) groups is 1. The fourth-order valence-corrected chi connectivity index (χ4v) is 2.47. The van der Waals surface area contributed by atoms with E-state index in [0.29, 0.717) is 12.5 Å². The summed E-state index contributed by atoms with van der Waals surface area (Å²) < 4.78 is 0.967. The molecule has 0 aliphatic heterocycles. The van der Waals surface area contributed by atoms with Crippen LogP contribution in [-0.2, 0) is 0 Å². The molecule has 0 amide bonds. The minimum atomic E-state index is 0.176. The summed E-state index contributed by atoms with van der Waals surface area (Å²) in [4.78, 5) is 8.31. The maximum absolute atomic E-state index is 5.46. The summed E-state index contributed by atoms with van der Waals surface area (Å²) in [5.74, 6) is 0.808. The maximum atomic E-state index is 5.46. The quantitative estimate of drug-likeness (QED) is 0.854. The zero-order valence-corrected chi connectivity index (χ0v) is 12.2. The Morgan fingerprint density at radius 2 is 1.89 bits per heavy atom. The normalized spacial score (nSPS) is 11.8. The van der Waals surface area contributed by atoms with Gasteiger partial charge in [0, 0.05) is 24.9 Å². The summed E-state index contributed by atoms with van der Waals surface area (Å²) in [5, 5.41) is 3.24. The number of benzene rings is 1. The van der Waals surface area contributed by atoms with Gasteiger partial charge in [-0.3, -0.25) is 0 Å². The van der Waals surface area contributed by atoms with E-state index >= 15 is 0 Å². The Morgan fingerprint density at radius 3 is 2.53 bits per heavy atom. The summed E-state index contributed by atoms with van der Waals surface area (Å²) in [6.45, 7) is 0.702. The van der Waals surface area contributed by atoms with Crippen LogP contribution in [0, 0.1) is 0 Å². The maximum Gasteiger partial charge on any atom is 0.222 e.